The van der Waals surface area contributed by atoms with Crippen LogP contribution in [0.4, 0.5) is 10.5 Å². The molecule has 1 fully saturated rings. The molecule has 0 aromatic heterocycles. The van der Waals surface area contributed by atoms with Crippen molar-refractivity contribution < 1.29 is 28.6 Å². The van der Waals surface area contributed by atoms with Gasteiger partial charge in [0, 0.05) is 17.2 Å². The Hall–Kier alpha value is -2.22. The Balaban J connectivity index is 1.85. The van der Waals surface area contributed by atoms with Gasteiger partial charge in [-0.15, -0.1) is 0 Å². The molecule has 0 aliphatic carbocycles. The summed E-state index contributed by atoms with van der Waals surface area (Å²) in [6, 6.07) is 11.5. The van der Waals surface area contributed by atoms with E-state index in [1.807, 2.05) is 32.0 Å². The summed E-state index contributed by atoms with van der Waals surface area (Å²) in [5.41, 5.74) is 3.49. The number of nitrogens with one attached hydrogen (secondary N) is 2. The fourth-order valence-corrected chi connectivity index (χ4v) is 4.69. The average Bonchev–Trinajstić information content (AvgIpc) is 2.79. The molecule has 4 N–H and O–H groups in total. The molecule has 1 heterocycles. The lowest BCUT2D eigenvalue weighted by molar-refractivity contribution is -0.311. The van der Waals surface area contributed by atoms with Crippen molar-refractivity contribution in [3.8, 4) is 0 Å². The first-order valence-corrected chi connectivity index (χ1v) is 13.6. The lowest BCUT2D eigenvalue weighted by Crippen LogP contribution is -2.52. The van der Waals surface area contributed by atoms with Crippen LogP contribution in [0.5, 0.6) is 0 Å². The minimum Gasteiger partial charge on any atom is -0.344 e. The predicted molar refractivity (Wildman–Crippen MR) is 137 cm³/mol. The molecule has 2 amide bonds. The average molecular weight is 505 g/mol. The summed E-state index contributed by atoms with van der Waals surface area (Å²) < 4.78 is 24.0. The molecule has 0 spiro atoms. The van der Waals surface area contributed by atoms with E-state index in [-0.39, 0.29) is 41.7 Å². The number of rotatable bonds is 7. The Morgan fingerprint density at radius 1 is 1.06 bits per heavy atom. The number of amides is 2. The number of ether oxygens (including phenoxy) is 2. The van der Waals surface area contributed by atoms with E-state index in [0.717, 1.165) is 16.8 Å². The fraction of sp³-hybridized carbons (Fsp3) is 0.500. The summed E-state index contributed by atoms with van der Waals surface area (Å²) in [5.74, 6) is -0.668. The molecule has 3 rings (SSSR count). The standard InChI is InChI=1S/C26H37N2O6P/c1-16(2)22-8-7-9-23(17(3)4)24(22)28-25(29)27-15-26(33-14-18(5)19(6)34-26)20-10-12-21(13-11-20)35(30,31)32/h7-13,16-19H,14-15H2,1-6H3,(H2,27,28,29)(H2,30,31,32)/t18-,19-,26?/m1/s1. The van der Waals surface area contributed by atoms with Crippen LogP contribution >= 0.6 is 7.60 Å². The minimum absolute atomic E-state index is 0.0198. The second-order valence-corrected chi connectivity index (χ2v) is 11.5. The highest BCUT2D eigenvalue weighted by molar-refractivity contribution is 7.60. The van der Waals surface area contributed by atoms with Crippen molar-refractivity contribution in [1.29, 1.82) is 0 Å². The predicted octanol–water partition coefficient (Wildman–Crippen LogP) is 4.78. The maximum atomic E-state index is 13.1. The van der Waals surface area contributed by atoms with Gasteiger partial charge >= 0.3 is 13.6 Å². The third-order valence-corrected chi connectivity index (χ3v) is 7.46. The maximum absolute atomic E-state index is 13.1. The molecule has 1 aliphatic rings. The number of anilines is 1. The lowest BCUT2D eigenvalue weighted by Gasteiger charge is -2.43. The Bertz CT molecular complexity index is 1060. The van der Waals surface area contributed by atoms with E-state index in [1.165, 1.54) is 12.1 Å². The van der Waals surface area contributed by atoms with E-state index >= 15 is 0 Å². The van der Waals surface area contributed by atoms with Gasteiger partial charge in [-0.05, 0) is 42.0 Å². The number of hydrogen-bond donors (Lipinski definition) is 4. The van der Waals surface area contributed by atoms with E-state index in [4.69, 9.17) is 9.47 Å². The number of para-hydroxylation sites is 1. The first-order chi connectivity index (χ1) is 16.3. The van der Waals surface area contributed by atoms with Crippen molar-refractivity contribution in [2.75, 3.05) is 18.5 Å². The van der Waals surface area contributed by atoms with Gasteiger partial charge in [-0.3, -0.25) is 4.57 Å². The van der Waals surface area contributed by atoms with Gasteiger partial charge in [-0.25, -0.2) is 4.79 Å². The van der Waals surface area contributed by atoms with Gasteiger partial charge in [-0.2, -0.15) is 0 Å². The van der Waals surface area contributed by atoms with Gasteiger partial charge in [0.25, 0.3) is 0 Å². The zero-order valence-corrected chi connectivity index (χ0v) is 22.1. The van der Waals surface area contributed by atoms with E-state index in [9.17, 15) is 19.1 Å². The Morgan fingerprint density at radius 2 is 1.63 bits per heavy atom. The van der Waals surface area contributed by atoms with Gasteiger partial charge in [0.2, 0.25) is 5.79 Å². The molecule has 9 heteroatoms. The first kappa shape index (κ1) is 27.4. The number of benzene rings is 2. The molecule has 1 unspecified atom stereocenters. The summed E-state index contributed by atoms with van der Waals surface area (Å²) in [4.78, 5) is 32.0. The van der Waals surface area contributed by atoms with Crippen LogP contribution in [0.1, 0.15) is 70.1 Å². The molecule has 192 valence electrons. The highest BCUT2D eigenvalue weighted by Crippen LogP contribution is 2.38. The van der Waals surface area contributed by atoms with Crippen molar-refractivity contribution in [1.82, 2.24) is 5.32 Å². The molecule has 0 radical (unpaired) electrons. The maximum Gasteiger partial charge on any atom is 0.356 e. The monoisotopic (exact) mass is 504 g/mol. The van der Waals surface area contributed by atoms with Crippen LogP contribution in [0.25, 0.3) is 0 Å². The fourth-order valence-electron chi connectivity index (χ4n) is 4.16. The van der Waals surface area contributed by atoms with Gasteiger partial charge in [0.05, 0.1) is 24.6 Å². The summed E-state index contributed by atoms with van der Waals surface area (Å²) in [6.45, 7) is 12.7. The third-order valence-electron chi connectivity index (χ3n) is 6.49. The molecule has 0 bridgehead atoms. The van der Waals surface area contributed by atoms with Gasteiger partial charge in [0.1, 0.15) is 0 Å². The number of hydrogen-bond acceptors (Lipinski definition) is 4. The molecule has 3 atom stereocenters. The van der Waals surface area contributed by atoms with Crippen molar-refractivity contribution in [3.63, 3.8) is 0 Å². The normalized spacial score (nSPS) is 22.9. The Morgan fingerprint density at radius 3 is 2.11 bits per heavy atom. The van der Waals surface area contributed by atoms with Crippen LogP contribution in [-0.4, -0.2) is 35.1 Å². The minimum atomic E-state index is -4.38. The number of carbonyl (C=O) groups is 1. The van der Waals surface area contributed by atoms with Crippen molar-refractivity contribution in [2.45, 2.75) is 65.3 Å². The zero-order chi connectivity index (χ0) is 26.0. The summed E-state index contributed by atoms with van der Waals surface area (Å²) in [5, 5.41) is 5.84. The van der Waals surface area contributed by atoms with Crippen LogP contribution < -0.4 is 15.9 Å². The highest BCUT2D eigenvalue weighted by Gasteiger charge is 2.42. The summed E-state index contributed by atoms with van der Waals surface area (Å²) >= 11 is 0. The van der Waals surface area contributed by atoms with Crippen LogP contribution in [0.2, 0.25) is 0 Å². The topological polar surface area (TPSA) is 117 Å². The second kappa shape index (κ2) is 10.8. The smallest absolute Gasteiger partial charge is 0.344 e. The molecule has 1 saturated heterocycles. The zero-order valence-electron chi connectivity index (χ0n) is 21.2. The summed E-state index contributed by atoms with van der Waals surface area (Å²) in [6.07, 6.45) is -0.149. The van der Waals surface area contributed by atoms with E-state index in [0.29, 0.717) is 12.2 Å². The van der Waals surface area contributed by atoms with Crippen molar-refractivity contribution in [3.05, 3.63) is 59.2 Å². The Kier molecular flexibility index (Phi) is 8.45. The van der Waals surface area contributed by atoms with Crippen LogP contribution in [0, 0.1) is 5.92 Å². The quantitative estimate of drug-likeness (QED) is 0.403. The third kappa shape index (κ3) is 6.32. The number of carbonyl (C=O) groups excluding carboxylic acids is 1. The van der Waals surface area contributed by atoms with Crippen LogP contribution in [0.3, 0.4) is 0 Å². The van der Waals surface area contributed by atoms with E-state index in [1.54, 1.807) is 12.1 Å². The van der Waals surface area contributed by atoms with Crippen LogP contribution in [0.15, 0.2) is 42.5 Å². The molecular weight excluding hydrogens is 467 g/mol. The molecule has 1 aliphatic heterocycles. The van der Waals surface area contributed by atoms with E-state index < -0.39 is 13.4 Å². The van der Waals surface area contributed by atoms with Crippen molar-refractivity contribution in [2.24, 2.45) is 5.92 Å². The van der Waals surface area contributed by atoms with Gasteiger partial charge in [-0.1, -0.05) is 65.0 Å². The molecule has 2 aromatic rings. The molecule has 8 nitrogen and oxygen atoms in total. The lowest BCUT2D eigenvalue weighted by atomic mass is 9.93. The van der Waals surface area contributed by atoms with Crippen LogP contribution in [-0.2, 0) is 19.8 Å². The second-order valence-electron chi connectivity index (χ2n) is 9.88. The molecule has 35 heavy (non-hydrogen) atoms. The number of urea groups is 1. The largest absolute Gasteiger partial charge is 0.356 e. The molecular formula is C26H37N2O6P. The van der Waals surface area contributed by atoms with Gasteiger partial charge < -0.3 is 29.9 Å². The van der Waals surface area contributed by atoms with E-state index in [2.05, 4.69) is 38.3 Å². The van der Waals surface area contributed by atoms with Gasteiger partial charge in [0.15, 0.2) is 0 Å². The SMILES string of the molecule is CC(C)c1cccc(C(C)C)c1NC(=O)NCC1(c2ccc(P(=O)(O)O)cc2)OC[C@@H](C)[C@@H](C)O1. The highest BCUT2D eigenvalue weighted by atomic mass is 31.2. The molecule has 0 saturated carbocycles. The summed E-state index contributed by atoms with van der Waals surface area (Å²) in [7, 11) is -4.38. The molecule has 2 aromatic carbocycles. The first-order valence-electron chi connectivity index (χ1n) is 12.0. The van der Waals surface area contributed by atoms with Crippen molar-refractivity contribution >= 4 is 24.6 Å². The Labute approximate surface area is 207 Å².